The van der Waals surface area contributed by atoms with E-state index in [9.17, 15) is 4.79 Å². The summed E-state index contributed by atoms with van der Waals surface area (Å²) in [5.74, 6) is 0. The first-order valence-corrected chi connectivity index (χ1v) is 8.22. The van der Waals surface area contributed by atoms with Gasteiger partial charge in [-0.2, -0.15) is 0 Å². The highest BCUT2D eigenvalue weighted by molar-refractivity contribution is 7.09. The number of carbonyl (C=O) groups is 1. The Morgan fingerprint density at radius 1 is 0.933 bits per heavy atom. The maximum Gasteiger partial charge on any atom is 0.146 e. The lowest BCUT2D eigenvalue weighted by atomic mass is 10.5. The second kappa shape index (κ2) is 5.64. The smallest absolute Gasteiger partial charge is 0.146 e. The molecule has 0 amide bonds. The van der Waals surface area contributed by atoms with Crippen LogP contribution >= 0.6 is 0 Å². The van der Waals surface area contributed by atoms with E-state index in [1.807, 2.05) is 13.0 Å². The third kappa shape index (κ3) is 2.60. The molecule has 0 saturated carbocycles. The summed E-state index contributed by atoms with van der Waals surface area (Å²) in [6, 6.07) is 0. The van der Waals surface area contributed by atoms with Crippen LogP contribution in [-0.4, -0.2) is 13.5 Å². The molecule has 0 aromatic rings. The molecule has 0 rings (SSSR count). The molecule has 0 aliphatic carbocycles. The lowest BCUT2D eigenvalue weighted by Crippen LogP contribution is -2.51. The van der Waals surface area contributed by atoms with E-state index in [2.05, 4.69) is 41.5 Å². The van der Waals surface area contributed by atoms with Crippen molar-refractivity contribution in [2.45, 2.75) is 65.1 Å². The quantitative estimate of drug-likeness (QED) is 0.503. The zero-order valence-electron chi connectivity index (χ0n) is 11.3. The number of carbonyl (C=O) groups excluding carboxylic acids is 1. The molecule has 0 N–H and O–H groups in total. The predicted molar refractivity (Wildman–Crippen MR) is 70.9 cm³/mol. The fourth-order valence-electron chi connectivity index (χ4n) is 3.15. The minimum Gasteiger partial charge on any atom is -0.301 e. The normalized spacial score (nSPS) is 13.5. The standard InChI is InChI=1S/C13H26OSi/c1-8-9-13(14)15(10(2)3,11(4)5)12(6)7/h8-12H,1-7H3/b9-8+. The lowest BCUT2D eigenvalue weighted by molar-refractivity contribution is -0.109. The summed E-state index contributed by atoms with van der Waals surface area (Å²) in [5.41, 5.74) is 1.54. The monoisotopic (exact) mass is 226 g/mol. The van der Waals surface area contributed by atoms with E-state index in [0.717, 1.165) is 0 Å². The maximum atomic E-state index is 12.4. The maximum absolute atomic E-state index is 12.4. The van der Waals surface area contributed by atoms with Gasteiger partial charge < -0.3 is 4.79 Å². The number of allylic oxidation sites excluding steroid dienone is 2. The number of rotatable bonds is 5. The van der Waals surface area contributed by atoms with Crippen LogP contribution in [-0.2, 0) is 4.79 Å². The summed E-state index contributed by atoms with van der Waals surface area (Å²) in [6.07, 6.45) is 3.68. The van der Waals surface area contributed by atoms with Crippen molar-refractivity contribution >= 4 is 13.5 Å². The van der Waals surface area contributed by atoms with Crippen molar-refractivity contribution in [2.75, 3.05) is 0 Å². The van der Waals surface area contributed by atoms with Crippen LogP contribution in [0.4, 0.5) is 0 Å². The van der Waals surface area contributed by atoms with Gasteiger partial charge in [0.25, 0.3) is 0 Å². The van der Waals surface area contributed by atoms with Crippen molar-refractivity contribution in [3.05, 3.63) is 12.2 Å². The van der Waals surface area contributed by atoms with Gasteiger partial charge in [-0.3, -0.25) is 0 Å². The van der Waals surface area contributed by atoms with Crippen LogP contribution in [0.25, 0.3) is 0 Å². The summed E-state index contributed by atoms with van der Waals surface area (Å²) in [5, 5.41) is 0.421. The predicted octanol–water partition coefficient (Wildman–Crippen LogP) is 4.35. The van der Waals surface area contributed by atoms with Crippen LogP contribution in [0.15, 0.2) is 12.2 Å². The Kier molecular flexibility index (Phi) is 5.50. The van der Waals surface area contributed by atoms with Crippen molar-refractivity contribution in [1.82, 2.24) is 0 Å². The molecule has 0 fully saturated rings. The average molecular weight is 226 g/mol. The van der Waals surface area contributed by atoms with Gasteiger partial charge in [0.2, 0.25) is 0 Å². The van der Waals surface area contributed by atoms with Crippen molar-refractivity contribution in [3.63, 3.8) is 0 Å². The Labute approximate surface area is 96.0 Å². The first kappa shape index (κ1) is 14.6. The first-order valence-electron chi connectivity index (χ1n) is 5.98. The summed E-state index contributed by atoms with van der Waals surface area (Å²) in [6.45, 7) is 15.2. The molecule has 15 heavy (non-hydrogen) atoms. The minimum atomic E-state index is -1.88. The molecule has 0 spiro atoms. The fraction of sp³-hybridized carbons (Fsp3) is 0.769. The third-order valence-electron chi connectivity index (χ3n) is 3.61. The van der Waals surface area contributed by atoms with Crippen LogP contribution < -0.4 is 0 Å². The molecule has 0 heterocycles. The molecule has 0 unspecified atom stereocenters. The second-order valence-corrected chi connectivity index (χ2v) is 11.1. The van der Waals surface area contributed by atoms with Crippen LogP contribution in [0.2, 0.25) is 16.6 Å². The van der Waals surface area contributed by atoms with Crippen molar-refractivity contribution in [1.29, 1.82) is 0 Å². The molecule has 2 heteroatoms. The van der Waals surface area contributed by atoms with Crippen molar-refractivity contribution in [2.24, 2.45) is 0 Å². The van der Waals surface area contributed by atoms with Crippen LogP contribution in [0.3, 0.4) is 0 Å². The van der Waals surface area contributed by atoms with Gasteiger partial charge in [0.1, 0.15) is 13.5 Å². The molecular weight excluding hydrogens is 200 g/mol. The lowest BCUT2D eigenvalue weighted by Gasteiger charge is -2.40. The Balaban J connectivity index is 5.42. The van der Waals surface area contributed by atoms with Gasteiger partial charge in [0.15, 0.2) is 0 Å². The van der Waals surface area contributed by atoms with E-state index in [0.29, 0.717) is 22.0 Å². The number of hydrogen-bond donors (Lipinski definition) is 0. The van der Waals surface area contributed by atoms with Crippen LogP contribution in [0, 0.1) is 0 Å². The Bertz CT molecular complexity index is 217. The summed E-state index contributed by atoms with van der Waals surface area (Å²) < 4.78 is 0. The van der Waals surface area contributed by atoms with Gasteiger partial charge in [0.05, 0.1) is 0 Å². The Morgan fingerprint density at radius 3 is 1.47 bits per heavy atom. The van der Waals surface area contributed by atoms with Crippen molar-refractivity contribution in [3.8, 4) is 0 Å². The summed E-state index contributed by atoms with van der Waals surface area (Å²) in [7, 11) is -1.88. The van der Waals surface area contributed by atoms with Gasteiger partial charge in [-0.05, 0) is 29.6 Å². The highest BCUT2D eigenvalue weighted by Gasteiger charge is 2.48. The van der Waals surface area contributed by atoms with Crippen molar-refractivity contribution < 1.29 is 4.79 Å². The zero-order valence-corrected chi connectivity index (χ0v) is 12.3. The van der Waals surface area contributed by atoms with E-state index < -0.39 is 8.07 Å². The highest BCUT2D eigenvalue weighted by Crippen LogP contribution is 2.42. The highest BCUT2D eigenvalue weighted by atomic mass is 28.3. The van der Waals surface area contributed by atoms with Gasteiger partial charge in [-0.15, -0.1) is 0 Å². The van der Waals surface area contributed by atoms with E-state index >= 15 is 0 Å². The van der Waals surface area contributed by atoms with Gasteiger partial charge in [0, 0.05) is 0 Å². The SMILES string of the molecule is C/C=C/C(=O)[Si](C(C)C)(C(C)C)C(C)C. The van der Waals surface area contributed by atoms with Crippen LogP contribution in [0.5, 0.6) is 0 Å². The van der Waals surface area contributed by atoms with E-state index in [1.165, 1.54) is 0 Å². The Hall–Kier alpha value is -0.373. The first-order chi connectivity index (χ1) is 6.81. The summed E-state index contributed by atoms with van der Waals surface area (Å²) >= 11 is 0. The molecule has 0 radical (unpaired) electrons. The molecule has 88 valence electrons. The number of hydrogen-bond acceptors (Lipinski definition) is 1. The largest absolute Gasteiger partial charge is 0.301 e. The molecule has 0 saturated heterocycles. The summed E-state index contributed by atoms with van der Waals surface area (Å²) in [4.78, 5) is 12.4. The van der Waals surface area contributed by atoms with Gasteiger partial charge in [-0.25, -0.2) is 0 Å². The molecule has 0 atom stereocenters. The van der Waals surface area contributed by atoms with E-state index in [1.54, 1.807) is 6.08 Å². The van der Waals surface area contributed by atoms with Gasteiger partial charge in [-0.1, -0.05) is 47.6 Å². The molecule has 1 nitrogen and oxygen atoms in total. The van der Waals surface area contributed by atoms with Crippen LogP contribution in [0.1, 0.15) is 48.5 Å². The minimum absolute atomic E-state index is 0.421. The zero-order chi connectivity index (χ0) is 12.2. The molecule has 0 aliphatic heterocycles. The fourth-order valence-corrected chi connectivity index (χ4v) is 9.31. The molecular formula is C13H26OSi. The Morgan fingerprint density at radius 2 is 1.27 bits per heavy atom. The average Bonchev–Trinajstić information content (AvgIpc) is 2.02. The topological polar surface area (TPSA) is 17.1 Å². The molecule has 0 aromatic carbocycles. The molecule has 0 aromatic heterocycles. The second-order valence-electron chi connectivity index (χ2n) is 5.26. The molecule has 0 bridgehead atoms. The van der Waals surface area contributed by atoms with E-state index in [4.69, 9.17) is 0 Å². The third-order valence-corrected chi connectivity index (χ3v) is 10.4. The van der Waals surface area contributed by atoms with Gasteiger partial charge >= 0.3 is 0 Å². The molecule has 0 aliphatic rings. The van der Waals surface area contributed by atoms with E-state index in [-0.39, 0.29) is 0 Å².